The first kappa shape index (κ1) is 22.0. The van der Waals surface area contributed by atoms with E-state index in [9.17, 15) is 4.79 Å². The van der Waals surface area contributed by atoms with E-state index in [-0.39, 0.29) is 12.7 Å². The van der Waals surface area contributed by atoms with Crippen molar-refractivity contribution in [2.75, 3.05) is 52.5 Å². The zero-order valence-corrected chi connectivity index (χ0v) is 16.9. The molecule has 152 valence electrons. The third kappa shape index (κ3) is 8.05. The summed E-state index contributed by atoms with van der Waals surface area (Å²) in [5, 5.41) is 9.60. The number of ether oxygens (including phenoxy) is 2. The Morgan fingerprint density at radius 3 is 2.59 bits per heavy atom. The molecule has 1 aromatic rings. The second kappa shape index (κ2) is 12.2. The summed E-state index contributed by atoms with van der Waals surface area (Å²) in [5.41, 5.74) is 0. The number of nitrogens with zero attached hydrogens (tertiary/aromatic N) is 2. The summed E-state index contributed by atoms with van der Waals surface area (Å²) in [4.78, 5) is 16.2. The molecule has 1 aliphatic heterocycles. The molecule has 0 aromatic heterocycles. The van der Waals surface area contributed by atoms with Crippen molar-refractivity contribution in [3.05, 3.63) is 29.3 Å². The smallest absolute Gasteiger partial charge is 0.410 e. The van der Waals surface area contributed by atoms with E-state index in [2.05, 4.69) is 11.8 Å². The lowest BCUT2D eigenvalue weighted by Crippen LogP contribution is -2.41. The largest absolute Gasteiger partial charge is 0.415 e. The fourth-order valence-corrected chi connectivity index (χ4v) is 3.29. The molecule has 7 heteroatoms. The first-order chi connectivity index (χ1) is 13.1. The van der Waals surface area contributed by atoms with Crippen LogP contribution in [0.15, 0.2) is 24.3 Å². The Labute approximate surface area is 167 Å². The fourth-order valence-electron chi connectivity index (χ4n) is 3.16. The topological polar surface area (TPSA) is 62.2 Å². The van der Waals surface area contributed by atoms with E-state index in [1.807, 2.05) is 0 Å². The van der Waals surface area contributed by atoms with Crippen LogP contribution < -0.4 is 4.74 Å². The molecule has 1 saturated heterocycles. The second-order valence-corrected chi connectivity index (χ2v) is 7.28. The molecular weight excluding hydrogens is 368 g/mol. The SMILES string of the molecule is CCN(CCO)CCCOCC1CCN(C(=O)Oc2ccc(Cl)cc2)CC1. The molecule has 0 aliphatic carbocycles. The van der Waals surface area contributed by atoms with Gasteiger partial charge < -0.3 is 24.4 Å². The minimum atomic E-state index is -0.305. The van der Waals surface area contributed by atoms with Gasteiger partial charge in [0.25, 0.3) is 0 Å². The molecule has 1 aromatic carbocycles. The summed E-state index contributed by atoms with van der Waals surface area (Å²) in [7, 11) is 0. The quantitative estimate of drug-likeness (QED) is 0.613. The molecule has 1 N–H and O–H groups in total. The molecule has 1 fully saturated rings. The highest BCUT2D eigenvalue weighted by atomic mass is 35.5. The van der Waals surface area contributed by atoms with E-state index in [0.717, 1.165) is 52.1 Å². The molecule has 0 atom stereocenters. The van der Waals surface area contributed by atoms with E-state index in [1.165, 1.54) is 0 Å². The van der Waals surface area contributed by atoms with E-state index >= 15 is 0 Å². The summed E-state index contributed by atoms with van der Waals surface area (Å²) < 4.78 is 11.2. The number of carbonyl (C=O) groups is 1. The fraction of sp³-hybridized carbons (Fsp3) is 0.650. The maximum absolute atomic E-state index is 12.2. The van der Waals surface area contributed by atoms with E-state index in [4.69, 9.17) is 26.2 Å². The van der Waals surface area contributed by atoms with Gasteiger partial charge in [-0.25, -0.2) is 4.79 Å². The van der Waals surface area contributed by atoms with Gasteiger partial charge in [0, 0.05) is 44.4 Å². The van der Waals surface area contributed by atoms with Gasteiger partial charge in [-0.05, 0) is 56.0 Å². The molecule has 1 amide bonds. The number of aliphatic hydroxyl groups is 1. The molecule has 1 heterocycles. The molecule has 1 aliphatic rings. The van der Waals surface area contributed by atoms with Crippen LogP contribution in [0.5, 0.6) is 5.75 Å². The average molecular weight is 399 g/mol. The molecule has 27 heavy (non-hydrogen) atoms. The maximum atomic E-state index is 12.2. The molecule has 0 spiro atoms. The van der Waals surface area contributed by atoms with Gasteiger partial charge in [0.15, 0.2) is 0 Å². The third-order valence-corrected chi connectivity index (χ3v) is 5.12. The van der Waals surface area contributed by atoms with Crippen LogP contribution >= 0.6 is 11.6 Å². The summed E-state index contributed by atoms with van der Waals surface area (Å²) in [6, 6.07) is 6.80. The lowest BCUT2D eigenvalue weighted by Gasteiger charge is -2.31. The highest BCUT2D eigenvalue weighted by molar-refractivity contribution is 6.30. The van der Waals surface area contributed by atoms with Gasteiger partial charge in [-0.2, -0.15) is 0 Å². The van der Waals surface area contributed by atoms with Gasteiger partial charge in [0.2, 0.25) is 0 Å². The van der Waals surface area contributed by atoms with Crippen LogP contribution in [0.4, 0.5) is 4.79 Å². The number of amides is 1. The van der Waals surface area contributed by atoms with Crippen LogP contribution in [0.25, 0.3) is 0 Å². The van der Waals surface area contributed by atoms with Gasteiger partial charge in [-0.15, -0.1) is 0 Å². The zero-order valence-electron chi connectivity index (χ0n) is 16.1. The Kier molecular flexibility index (Phi) is 9.91. The second-order valence-electron chi connectivity index (χ2n) is 6.84. The normalized spacial score (nSPS) is 15.3. The van der Waals surface area contributed by atoms with Crippen molar-refractivity contribution in [1.29, 1.82) is 0 Å². The highest BCUT2D eigenvalue weighted by Gasteiger charge is 2.24. The predicted octanol–water partition coefficient (Wildman–Crippen LogP) is 3.27. The predicted molar refractivity (Wildman–Crippen MR) is 106 cm³/mol. The van der Waals surface area contributed by atoms with Crippen molar-refractivity contribution >= 4 is 17.7 Å². The lowest BCUT2D eigenvalue weighted by molar-refractivity contribution is 0.0611. The Bertz CT molecular complexity index is 547. The van der Waals surface area contributed by atoms with Gasteiger partial charge >= 0.3 is 6.09 Å². The number of hydrogen-bond donors (Lipinski definition) is 1. The Morgan fingerprint density at radius 2 is 1.96 bits per heavy atom. The standard InChI is InChI=1S/C20H31ClN2O4/c1-2-22(13-14-24)10-3-15-26-16-17-8-11-23(12-9-17)20(25)27-19-6-4-18(21)5-7-19/h4-7,17,24H,2-3,8-16H2,1H3. The van der Waals surface area contributed by atoms with Crippen molar-refractivity contribution in [3.8, 4) is 5.75 Å². The van der Waals surface area contributed by atoms with Crippen LogP contribution in [-0.2, 0) is 4.74 Å². The highest BCUT2D eigenvalue weighted by Crippen LogP contribution is 2.20. The molecular formula is C20H31ClN2O4. The van der Waals surface area contributed by atoms with Crippen molar-refractivity contribution in [2.24, 2.45) is 5.92 Å². The van der Waals surface area contributed by atoms with Gasteiger partial charge in [-0.3, -0.25) is 0 Å². The first-order valence-corrected chi connectivity index (χ1v) is 10.1. The molecule has 0 radical (unpaired) electrons. The number of halogens is 1. The number of likely N-dealkylation sites (tertiary alicyclic amines) is 1. The Hall–Kier alpha value is -1.34. The monoisotopic (exact) mass is 398 g/mol. The van der Waals surface area contributed by atoms with E-state index in [0.29, 0.717) is 29.8 Å². The van der Waals surface area contributed by atoms with E-state index < -0.39 is 0 Å². The minimum Gasteiger partial charge on any atom is -0.410 e. The van der Waals surface area contributed by atoms with Crippen LogP contribution in [0, 0.1) is 5.92 Å². The molecule has 0 bridgehead atoms. The number of likely N-dealkylation sites (N-methyl/N-ethyl adjacent to an activating group) is 1. The van der Waals surface area contributed by atoms with Gasteiger partial charge in [-0.1, -0.05) is 18.5 Å². The minimum absolute atomic E-state index is 0.202. The first-order valence-electron chi connectivity index (χ1n) is 9.75. The van der Waals surface area contributed by atoms with Gasteiger partial charge in [0.05, 0.1) is 6.61 Å². The number of aliphatic hydroxyl groups excluding tert-OH is 1. The number of rotatable bonds is 10. The number of hydrogen-bond acceptors (Lipinski definition) is 5. The van der Waals surface area contributed by atoms with Crippen molar-refractivity contribution in [1.82, 2.24) is 9.80 Å². The Morgan fingerprint density at radius 1 is 1.26 bits per heavy atom. The van der Waals surface area contributed by atoms with Crippen LogP contribution in [0.2, 0.25) is 5.02 Å². The molecule has 0 saturated carbocycles. The number of piperidine rings is 1. The zero-order chi connectivity index (χ0) is 19.5. The van der Waals surface area contributed by atoms with Gasteiger partial charge in [0.1, 0.15) is 5.75 Å². The Balaban J connectivity index is 1.58. The summed E-state index contributed by atoms with van der Waals surface area (Å²) in [6.45, 7) is 7.79. The summed E-state index contributed by atoms with van der Waals surface area (Å²) in [6.07, 6.45) is 2.53. The summed E-state index contributed by atoms with van der Waals surface area (Å²) in [5.74, 6) is 1.00. The van der Waals surface area contributed by atoms with Crippen molar-refractivity contribution in [2.45, 2.75) is 26.2 Å². The molecule has 2 rings (SSSR count). The van der Waals surface area contributed by atoms with Crippen molar-refractivity contribution in [3.63, 3.8) is 0 Å². The van der Waals surface area contributed by atoms with Crippen LogP contribution in [-0.4, -0.2) is 73.5 Å². The van der Waals surface area contributed by atoms with Crippen LogP contribution in [0.1, 0.15) is 26.2 Å². The summed E-state index contributed by atoms with van der Waals surface area (Å²) >= 11 is 5.84. The molecule has 0 unspecified atom stereocenters. The van der Waals surface area contributed by atoms with Crippen LogP contribution in [0.3, 0.4) is 0 Å². The molecule has 6 nitrogen and oxygen atoms in total. The third-order valence-electron chi connectivity index (χ3n) is 4.87. The average Bonchev–Trinajstić information content (AvgIpc) is 2.69. The van der Waals surface area contributed by atoms with Crippen molar-refractivity contribution < 1.29 is 19.4 Å². The van der Waals surface area contributed by atoms with E-state index in [1.54, 1.807) is 29.2 Å². The number of benzene rings is 1. The lowest BCUT2D eigenvalue weighted by atomic mass is 9.98. The maximum Gasteiger partial charge on any atom is 0.415 e. The number of carbonyl (C=O) groups excluding carboxylic acids is 1.